The summed E-state index contributed by atoms with van der Waals surface area (Å²) >= 11 is 11.0. The van der Waals surface area contributed by atoms with Crippen molar-refractivity contribution >= 4 is 29.4 Å². The molecule has 6 heteroatoms. The van der Waals surface area contributed by atoms with Gasteiger partial charge in [0.15, 0.2) is 5.82 Å². The first-order chi connectivity index (χ1) is 5.22. The average molecular weight is 192 g/mol. The minimum atomic E-state index is 0.171. The Morgan fingerprint density at radius 3 is 2.36 bits per heavy atom. The minimum Gasteiger partial charge on any atom is -0.411 e. The number of rotatable bonds is 1. The van der Waals surface area contributed by atoms with E-state index in [2.05, 4.69) is 15.1 Å². The summed E-state index contributed by atoms with van der Waals surface area (Å²) in [5, 5.41) is 11.2. The van der Waals surface area contributed by atoms with Gasteiger partial charge in [-0.15, -0.1) is 0 Å². The van der Waals surface area contributed by atoms with E-state index >= 15 is 0 Å². The van der Waals surface area contributed by atoms with Gasteiger partial charge < -0.3 is 5.21 Å². The van der Waals surface area contributed by atoms with Gasteiger partial charge in [0.1, 0.15) is 16.5 Å². The van der Waals surface area contributed by atoms with Crippen LogP contribution in [0.5, 0.6) is 0 Å². The van der Waals surface area contributed by atoms with Crippen LogP contribution >= 0.6 is 23.2 Å². The zero-order chi connectivity index (χ0) is 8.27. The van der Waals surface area contributed by atoms with Gasteiger partial charge in [0.25, 0.3) is 0 Å². The molecule has 0 saturated carbocycles. The van der Waals surface area contributed by atoms with E-state index in [0.717, 1.165) is 6.21 Å². The van der Waals surface area contributed by atoms with Gasteiger partial charge in [0, 0.05) is 6.07 Å². The third kappa shape index (κ3) is 2.32. The first kappa shape index (κ1) is 8.23. The van der Waals surface area contributed by atoms with E-state index in [4.69, 9.17) is 28.4 Å². The molecule has 0 saturated heterocycles. The Bertz CT molecular complexity index is 269. The van der Waals surface area contributed by atoms with E-state index in [1.54, 1.807) is 0 Å². The molecule has 1 aromatic rings. The number of hydrogen-bond acceptors (Lipinski definition) is 4. The molecule has 1 heterocycles. The molecule has 0 aromatic carbocycles. The van der Waals surface area contributed by atoms with Gasteiger partial charge in [-0.1, -0.05) is 28.4 Å². The standard InChI is InChI=1S/C5H3Cl2N3O/c6-3-1-4(7)10-5(9-3)2-8-11/h1-2,11H/b8-2+. The van der Waals surface area contributed by atoms with Gasteiger partial charge >= 0.3 is 0 Å². The number of nitrogens with zero attached hydrogens (tertiary/aromatic N) is 3. The normalized spacial score (nSPS) is 10.7. The molecule has 11 heavy (non-hydrogen) atoms. The molecule has 0 atom stereocenters. The second kappa shape index (κ2) is 3.50. The van der Waals surface area contributed by atoms with Crippen LogP contribution in [0.4, 0.5) is 0 Å². The molecule has 0 aliphatic heterocycles. The molecular weight excluding hydrogens is 189 g/mol. The highest BCUT2D eigenvalue weighted by Crippen LogP contribution is 2.10. The number of halogens is 2. The number of oxime groups is 1. The first-order valence-electron chi connectivity index (χ1n) is 2.60. The molecule has 0 aliphatic rings. The molecule has 1 aromatic heterocycles. The molecule has 0 unspecified atom stereocenters. The lowest BCUT2D eigenvalue weighted by Crippen LogP contribution is -1.93. The van der Waals surface area contributed by atoms with E-state index in [-0.39, 0.29) is 16.1 Å². The van der Waals surface area contributed by atoms with E-state index in [9.17, 15) is 0 Å². The van der Waals surface area contributed by atoms with Crippen LogP contribution in [-0.4, -0.2) is 21.4 Å². The quantitative estimate of drug-likeness (QED) is 0.318. The van der Waals surface area contributed by atoms with Crippen LogP contribution in [0.3, 0.4) is 0 Å². The molecule has 0 bridgehead atoms. The van der Waals surface area contributed by atoms with Crippen LogP contribution in [0.15, 0.2) is 11.2 Å². The monoisotopic (exact) mass is 191 g/mol. The molecule has 0 radical (unpaired) electrons. The summed E-state index contributed by atoms with van der Waals surface area (Å²) in [4.78, 5) is 7.37. The predicted molar refractivity (Wildman–Crippen MR) is 41.4 cm³/mol. The topological polar surface area (TPSA) is 58.4 Å². The van der Waals surface area contributed by atoms with Gasteiger partial charge in [-0.25, -0.2) is 9.97 Å². The lowest BCUT2D eigenvalue weighted by atomic mass is 10.6. The van der Waals surface area contributed by atoms with E-state index in [1.165, 1.54) is 6.07 Å². The summed E-state index contributed by atoms with van der Waals surface area (Å²) in [5.41, 5.74) is 0. The van der Waals surface area contributed by atoms with Crippen molar-refractivity contribution in [2.75, 3.05) is 0 Å². The van der Waals surface area contributed by atoms with Gasteiger partial charge in [0.05, 0.1) is 0 Å². The number of aromatic nitrogens is 2. The molecule has 4 nitrogen and oxygen atoms in total. The van der Waals surface area contributed by atoms with Gasteiger partial charge in [-0.3, -0.25) is 0 Å². The summed E-state index contributed by atoms with van der Waals surface area (Å²) < 4.78 is 0. The predicted octanol–water partition coefficient (Wildman–Crippen LogP) is 1.59. The van der Waals surface area contributed by atoms with Crippen LogP contribution in [0.1, 0.15) is 5.82 Å². The maximum Gasteiger partial charge on any atom is 0.176 e. The van der Waals surface area contributed by atoms with Crippen molar-refractivity contribution in [3.05, 3.63) is 22.2 Å². The van der Waals surface area contributed by atoms with Crippen LogP contribution < -0.4 is 0 Å². The Balaban J connectivity index is 3.08. The molecule has 1 N–H and O–H groups in total. The van der Waals surface area contributed by atoms with Crippen LogP contribution in [-0.2, 0) is 0 Å². The Kier molecular flexibility index (Phi) is 2.62. The van der Waals surface area contributed by atoms with Gasteiger partial charge in [-0.2, -0.15) is 0 Å². The lowest BCUT2D eigenvalue weighted by Gasteiger charge is -1.92. The minimum absolute atomic E-state index is 0.171. The Labute approximate surface area is 72.5 Å². The van der Waals surface area contributed by atoms with Crippen molar-refractivity contribution in [1.82, 2.24) is 9.97 Å². The van der Waals surface area contributed by atoms with Crippen LogP contribution in [0, 0.1) is 0 Å². The van der Waals surface area contributed by atoms with Gasteiger partial charge in [-0.05, 0) is 0 Å². The van der Waals surface area contributed by atoms with Gasteiger partial charge in [0.2, 0.25) is 0 Å². The fourth-order valence-corrected chi connectivity index (χ4v) is 0.952. The number of hydrogen-bond donors (Lipinski definition) is 1. The summed E-state index contributed by atoms with van der Waals surface area (Å²) in [6.45, 7) is 0. The molecule has 0 spiro atoms. The highest BCUT2D eigenvalue weighted by Gasteiger charge is 1.97. The SMILES string of the molecule is O/N=C/c1nc(Cl)cc(Cl)n1. The smallest absolute Gasteiger partial charge is 0.176 e. The van der Waals surface area contributed by atoms with Crippen LogP contribution in [0.25, 0.3) is 0 Å². The maximum absolute atomic E-state index is 8.10. The summed E-state index contributed by atoms with van der Waals surface area (Å²) in [7, 11) is 0. The van der Waals surface area contributed by atoms with E-state index in [0.29, 0.717) is 0 Å². The Morgan fingerprint density at radius 2 is 1.91 bits per heavy atom. The van der Waals surface area contributed by atoms with E-state index in [1.807, 2.05) is 0 Å². The molecule has 0 aliphatic carbocycles. The second-order valence-electron chi connectivity index (χ2n) is 1.62. The van der Waals surface area contributed by atoms with Crippen molar-refractivity contribution < 1.29 is 5.21 Å². The van der Waals surface area contributed by atoms with Crippen molar-refractivity contribution in [1.29, 1.82) is 0 Å². The zero-order valence-electron chi connectivity index (χ0n) is 5.20. The summed E-state index contributed by atoms with van der Waals surface area (Å²) in [6, 6.07) is 1.39. The average Bonchev–Trinajstić information content (AvgIpc) is 1.85. The largest absolute Gasteiger partial charge is 0.411 e. The summed E-state index contributed by atoms with van der Waals surface area (Å²) in [6.07, 6.45) is 1.04. The fraction of sp³-hybridized carbons (Fsp3) is 0. The molecule has 58 valence electrons. The fourth-order valence-electron chi connectivity index (χ4n) is 0.516. The zero-order valence-corrected chi connectivity index (χ0v) is 6.71. The highest BCUT2D eigenvalue weighted by molar-refractivity contribution is 6.33. The van der Waals surface area contributed by atoms with Crippen molar-refractivity contribution in [2.45, 2.75) is 0 Å². The Hall–Kier alpha value is -0.870. The molecule has 1 rings (SSSR count). The molecule has 0 fully saturated rings. The third-order valence-electron chi connectivity index (χ3n) is 0.854. The summed E-state index contributed by atoms with van der Waals surface area (Å²) in [5.74, 6) is 0.171. The maximum atomic E-state index is 8.10. The van der Waals surface area contributed by atoms with E-state index < -0.39 is 0 Å². The highest BCUT2D eigenvalue weighted by atomic mass is 35.5. The Morgan fingerprint density at radius 1 is 1.36 bits per heavy atom. The second-order valence-corrected chi connectivity index (χ2v) is 2.39. The molecule has 0 amide bonds. The van der Waals surface area contributed by atoms with Crippen molar-refractivity contribution in [3.8, 4) is 0 Å². The van der Waals surface area contributed by atoms with Crippen LogP contribution in [0.2, 0.25) is 10.3 Å². The van der Waals surface area contributed by atoms with Crippen molar-refractivity contribution in [3.63, 3.8) is 0 Å². The first-order valence-corrected chi connectivity index (χ1v) is 3.35. The molecular formula is C5H3Cl2N3O. The third-order valence-corrected chi connectivity index (χ3v) is 1.24. The lowest BCUT2D eigenvalue weighted by molar-refractivity contribution is 0.321. The van der Waals surface area contributed by atoms with Crippen molar-refractivity contribution in [2.24, 2.45) is 5.16 Å².